The standard InChI is InChI=1S/C24H40N4O4/c1-2-3-4-5-6-7-8-9-10-14-17-26-22(29)19-28(23(30)18-25)27-24(31)32-20-21-15-12-11-13-16-21/h11-13,15-16H,2-10,14,17-20,25H2,1H3,(H,26,29)(H,27,31). The van der Waals surface area contributed by atoms with Crippen LogP contribution in [0.3, 0.4) is 0 Å². The fourth-order valence-electron chi connectivity index (χ4n) is 3.21. The molecule has 0 radical (unpaired) electrons. The minimum absolute atomic E-state index is 0.0578. The summed E-state index contributed by atoms with van der Waals surface area (Å²) in [6.45, 7) is 2.18. The number of nitrogens with two attached hydrogens (primary N) is 1. The van der Waals surface area contributed by atoms with Crippen LogP contribution in [-0.4, -0.2) is 42.6 Å². The van der Waals surface area contributed by atoms with Gasteiger partial charge in [-0.05, 0) is 12.0 Å². The average Bonchev–Trinajstić information content (AvgIpc) is 2.81. The van der Waals surface area contributed by atoms with Crippen molar-refractivity contribution < 1.29 is 19.1 Å². The van der Waals surface area contributed by atoms with E-state index in [1.54, 1.807) is 0 Å². The van der Waals surface area contributed by atoms with E-state index in [2.05, 4.69) is 17.7 Å². The first-order valence-corrected chi connectivity index (χ1v) is 11.8. The average molecular weight is 449 g/mol. The van der Waals surface area contributed by atoms with Gasteiger partial charge in [-0.2, -0.15) is 0 Å². The topological polar surface area (TPSA) is 114 Å². The van der Waals surface area contributed by atoms with Gasteiger partial charge >= 0.3 is 6.09 Å². The van der Waals surface area contributed by atoms with Gasteiger partial charge in [0, 0.05) is 6.54 Å². The van der Waals surface area contributed by atoms with Gasteiger partial charge < -0.3 is 15.8 Å². The van der Waals surface area contributed by atoms with Gasteiger partial charge in [0.05, 0.1) is 6.54 Å². The number of carbonyl (C=O) groups excluding carboxylic acids is 3. The SMILES string of the molecule is CCCCCCCCCCCCNC(=O)CN(NC(=O)OCc1ccccc1)C(=O)CN. The quantitative estimate of drug-likeness (QED) is 0.264. The van der Waals surface area contributed by atoms with Crippen LogP contribution in [0.15, 0.2) is 30.3 Å². The Balaban J connectivity index is 2.19. The van der Waals surface area contributed by atoms with Crippen molar-refractivity contribution in [2.75, 3.05) is 19.6 Å². The van der Waals surface area contributed by atoms with Crippen LogP contribution in [0, 0.1) is 0 Å². The van der Waals surface area contributed by atoms with Crippen molar-refractivity contribution in [3.8, 4) is 0 Å². The Kier molecular flexibility index (Phi) is 15.4. The van der Waals surface area contributed by atoms with Crippen LogP contribution in [0.2, 0.25) is 0 Å². The lowest BCUT2D eigenvalue weighted by atomic mass is 10.1. The first-order valence-electron chi connectivity index (χ1n) is 11.8. The summed E-state index contributed by atoms with van der Waals surface area (Å²) in [5.74, 6) is -0.929. The van der Waals surface area contributed by atoms with Gasteiger partial charge in [0.15, 0.2) is 0 Å². The maximum Gasteiger partial charge on any atom is 0.426 e. The fourth-order valence-corrected chi connectivity index (χ4v) is 3.21. The Bertz CT molecular complexity index is 655. The molecule has 1 aromatic rings. The van der Waals surface area contributed by atoms with Gasteiger partial charge in [-0.1, -0.05) is 95.0 Å². The molecule has 0 aliphatic heterocycles. The highest BCUT2D eigenvalue weighted by Crippen LogP contribution is 2.10. The molecule has 1 rings (SSSR count). The van der Waals surface area contributed by atoms with Crippen molar-refractivity contribution >= 4 is 17.9 Å². The third kappa shape index (κ3) is 13.6. The summed E-state index contributed by atoms with van der Waals surface area (Å²) in [5, 5.41) is 3.67. The fraction of sp³-hybridized carbons (Fsp3) is 0.625. The van der Waals surface area contributed by atoms with Crippen LogP contribution < -0.4 is 16.5 Å². The molecule has 32 heavy (non-hydrogen) atoms. The van der Waals surface area contributed by atoms with Crippen molar-refractivity contribution in [2.45, 2.75) is 77.7 Å². The number of benzene rings is 1. The molecule has 0 atom stereocenters. The number of hydrogen-bond donors (Lipinski definition) is 3. The molecule has 180 valence electrons. The highest BCUT2D eigenvalue weighted by molar-refractivity contribution is 5.86. The monoisotopic (exact) mass is 448 g/mol. The summed E-state index contributed by atoms with van der Waals surface area (Å²) in [6.07, 6.45) is 11.4. The van der Waals surface area contributed by atoms with Crippen LogP contribution in [-0.2, 0) is 20.9 Å². The molecule has 0 spiro atoms. The molecular formula is C24H40N4O4. The molecule has 0 heterocycles. The third-order valence-corrected chi connectivity index (χ3v) is 5.07. The summed E-state index contributed by atoms with van der Waals surface area (Å²) < 4.78 is 5.09. The second-order valence-electron chi connectivity index (χ2n) is 7.89. The van der Waals surface area contributed by atoms with Crippen LogP contribution in [0.4, 0.5) is 4.79 Å². The van der Waals surface area contributed by atoms with Crippen LogP contribution in [0.1, 0.15) is 76.7 Å². The molecule has 8 heteroatoms. The van der Waals surface area contributed by atoms with E-state index in [-0.39, 0.29) is 25.6 Å². The van der Waals surface area contributed by atoms with Crippen LogP contribution in [0.25, 0.3) is 0 Å². The Morgan fingerprint density at radius 3 is 2.09 bits per heavy atom. The predicted octanol–water partition coefficient (Wildman–Crippen LogP) is 3.65. The minimum Gasteiger partial charge on any atom is -0.443 e. The zero-order valence-electron chi connectivity index (χ0n) is 19.4. The second kappa shape index (κ2) is 18.0. The summed E-state index contributed by atoms with van der Waals surface area (Å²) in [6, 6.07) is 9.16. The number of unbranched alkanes of at least 4 members (excludes halogenated alkanes) is 9. The Morgan fingerprint density at radius 1 is 0.906 bits per heavy atom. The number of nitrogens with zero attached hydrogens (tertiary/aromatic N) is 1. The normalized spacial score (nSPS) is 10.4. The zero-order chi connectivity index (χ0) is 23.4. The Labute approximate surface area is 192 Å². The molecule has 8 nitrogen and oxygen atoms in total. The predicted molar refractivity (Wildman–Crippen MR) is 125 cm³/mol. The van der Waals surface area contributed by atoms with Gasteiger partial charge in [-0.15, -0.1) is 0 Å². The molecule has 0 bridgehead atoms. The van der Waals surface area contributed by atoms with E-state index < -0.39 is 12.0 Å². The number of hydrazine groups is 1. The number of nitrogens with one attached hydrogen (secondary N) is 2. The van der Waals surface area contributed by atoms with E-state index in [4.69, 9.17) is 10.5 Å². The zero-order valence-corrected chi connectivity index (χ0v) is 19.4. The van der Waals surface area contributed by atoms with E-state index in [9.17, 15) is 14.4 Å². The van der Waals surface area contributed by atoms with Gasteiger partial charge in [0.2, 0.25) is 5.91 Å². The van der Waals surface area contributed by atoms with Gasteiger partial charge in [-0.25, -0.2) is 15.2 Å². The van der Waals surface area contributed by atoms with Crippen molar-refractivity contribution in [3.63, 3.8) is 0 Å². The number of hydrogen-bond acceptors (Lipinski definition) is 5. The molecule has 3 amide bonds. The van der Waals surface area contributed by atoms with E-state index in [1.807, 2.05) is 30.3 Å². The van der Waals surface area contributed by atoms with Crippen molar-refractivity contribution in [2.24, 2.45) is 5.73 Å². The molecule has 0 saturated heterocycles. The van der Waals surface area contributed by atoms with Gasteiger partial charge in [0.25, 0.3) is 5.91 Å². The Morgan fingerprint density at radius 2 is 1.50 bits per heavy atom. The van der Waals surface area contributed by atoms with E-state index in [1.165, 1.54) is 44.9 Å². The summed E-state index contributed by atoms with van der Waals surface area (Å²) in [5.41, 5.74) is 8.49. The smallest absolute Gasteiger partial charge is 0.426 e. The van der Waals surface area contributed by atoms with E-state index in [0.29, 0.717) is 6.54 Å². The maximum absolute atomic E-state index is 12.2. The van der Waals surface area contributed by atoms with Crippen molar-refractivity contribution in [3.05, 3.63) is 35.9 Å². The third-order valence-electron chi connectivity index (χ3n) is 5.07. The maximum atomic E-state index is 12.2. The van der Waals surface area contributed by atoms with Crippen molar-refractivity contribution in [1.82, 2.24) is 15.8 Å². The molecular weight excluding hydrogens is 408 g/mol. The molecule has 0 aliphatic carbocycles. The molecule has 0 fully saturated rings. The van der Waals surface area contributed by atoms with Gasteiger partial charge in [0.1, 0.15) is 13.2 Å². The first kappa shape index (κ1) is 27.4. The molecule has 0 unspecified atom stereocenters. The highest BCUT2D eigenvalue weighted by Gasteiger charge is 2.19. The lowest BCUT2D eigenvalue weighted by molar-refractivity contribution is -0.137. The van der Waals surface area contributed by atoms with Crippen LogP contribution >= 0.6 is 0 Å². The number of ether oxygens (including phenoxy) is 1. The lowest BCUT2D eigenvalue weighted by Crippen LogP contribution is -2.52. The summed E-state index contributed by atoms with van der Waals surface area (Å²) in [7, 11) is 0. The number of rotatable bonds is 16. The summed E-state index contributed by atoms with van der Waals surface area (Å²) >= 11 is 0. The molecule has 0 aliphatic rings. The van der Waals surface area contributed by atoms with E-state index in [0.717, 1.165) is 29.8 Å². The molecule has 0 aromatic heterocycles. The summed E-state index contributed by atoms with van der Waals surface area (Å²) in [4.78, 5) is 36.1. The second-order valence-corrected chi connectivity index (χ2v) is 7.89. The molecule has 0 saturated carbocycles. The molecule has 1 aromatic carbocycles. The highest BCUT2D eigenvalue weighted by atomic mass is 16.6. The van der Waals surface area contributed by atoms with Crippen LogP contribution in [0.5, 0.6) is 0 Å². The first-order chi connectivity index (χ1) is 15.6. The van der Waals surface area contributed by atoms with Gasteiger partial charge in [-0.3, -0.25) is 9.59 Å². The van der Waals surface area contributed by atoms with E-state index >= 15 is 0 Å². The largest absolute Gasteiger partial charge is 0.443 e. The number of carbonyl (C=O) groups is 3. The minimum atomic E-state index is -0.821. The Hall–Kier alpha value is -2.61. The number of amides is 3. The van der Waals surface area contributed by atoms with Crippen molar-refractivity contribution in [1.29, 1.82) is 0 Å². The lowest BCUT2D eigenvalue weighted by Gasteiger charge is -2.22. The molecule has 4 N–H and O–H groups in total.